The van der Waals surface area contributed by atoms with Crippen molar-refractivity contribution < 1.29 is 17.9 Å². The van der Waals surface area contributed by atoms with Crippen molar-refractivity contribution in [3.05, 3.63) is 46.4 Å². The number of H-pyrrole nitrogens is 1. The summed E-state index contributed by atoms with van der Waals surface area (Å²) in [6, 6.07) is 10.5. The molecular formula is C26H37N8O5S. The lowest BCUT2D eigenvalue weighted by molar-refractivity contribution is -0.133. The number of amides is 1. The van der Waals surface area contributed by atoms with Crippen molar-refractivity contribution in [2.75, 3.05) is 57.9 Å². The number of carbonyl (C=O) groups is 1. The molecule has 3 heterocycles. The highest BCUT2D eigenvalue weighted by Crippen LogP contribution is 2.18. The number of nitrogen functional groups attached to an aromatic ring is 1. The van der Waals surface area contributed by atoms with Gasteiger partial charge in [0.1, 0.15) is 5.52 Å². The van der Waals surface area contributed by atoms with E-state index in [1.54, 1.807) is 17.0 Å². The summed E-state index contributed by atoms with van der Waals surface area (Å²) >= 11 is 0. The molecule has 0 bridgehead atoms. The quantitative estimate of drug-likeness (QED) is 0.280. The standard InChI is InChI=1S/C26H37N8O5S/c1-3-4-17-39-25-29-23(27)22-24(30-25)34(26(36)28-22)12-8-11-32(18-20-9-6-5-7-10-20)21(35)19-31-13-15-33(16-14-31)40(2,37)38/h6-7,9-10H,3-4,8,11-19H2,1-2H3,(H,28,36)(H2,27,29,30). The van der Waals surface area contributed by atoms with E-state index in [1.807, 2.05) is 17.0 Å². The van der Waals surface area contributed by atoms with Crippen LogP contribution in [0.3, 0.4) is 0 Å². The zero-order valence-electron chi connectivity index (χ0n) is 23.0. The normalized spacial score (nSPS) is 14.9. The Labute approximate surface area is 234 Å². The van der Waals surface area contributed by atoms with Gasteiger partial charge in [0.2, 0.25) is 15.9 Å². The third-order valence-corrected chi connectivity index (χ3v) is 8.14. The lowest BCUT2D eigenvalue weighted by atomic mass is 10.2. The molecule has 1 radical (unpaired) electrons. The van der Waals surface area contributed by atoms with E-state index in [-0.39, 0.29) is 30.0 Å². The van der Waals surface area contributed by atoms with Crippen LogP contribution in [0.15, 0.2) is 29.1 Å². The molecule has 1 aliphatic heterocycles. The minimum Gasteiger partial charge on any atom is -0.463 e. The van der Waals surface area contributed by atoms with Crippen molar-refractivity contribution >= 4 is 32.9 Å². The highest BCUT2D eigenvalue weighted by Gasteiger charge is 2.26. The maximum absolute atomic E-state index is 13.4. The van der Waals surface area contributed by atoms with Crippen LogP contribution >= 0.6 is 0 Å². The number of anilines is 1. The Morgan fingerprint density at radius 1 is 1.18 bits per heavy atom. The number of aromatic amines is 1. The first-order valence-corrected chi connectivity index (χ1v) is 15.3. The van der Waals surface area contributed by atoms with E-state index in [4.69, 9.17) is 10.5 Å². The zero-order chi connectivity index (χ0) is 28.7. The number of nitrogens with two attached hydrogens (primary N) is 1. The van der Waals surface area contributed by atoms with Crippen LogP contribution in [0.25, 0.3) is 11.2 Å². The van der Waals surface area contributed by atoms with Crippen LogP contribution in [0, 0.1) is 6.07 Å². The van der Waals surface area contributed by atoms with Crippen LogP contribution in [-0.4, -0.2) is 100 Å². The molecule has 1 amide bonds. The van der Waals surface area contributed by atoms with Crippen molar-refractivity contribution in [3.63, 3.8) is 0 Å². The van der Waals surface area contributed by atoms with E-state index in [2.05, 4.69) is 27.9 Å². The van der Waals surface area contributed by atoms with Gasteiger partial charge in [-0.3, -0.25) is 14.3 Å². The predicted octanol–water partition coefficient (Wildman–Crippen LogP) is 0.677. The molecule has 1 saturated heterocycles. The third kappa shape index (κ3) is 7.58. The van der Waals surface area contributed by atoms with E-state index in [0.29, 0.717) is 70.0 Å². The average molecular weight is 574 g/mol. The van der Waals surface area contributed by atoms with Crippen LogP contribution in [0.1, 0.15) is 31.7 Å². The summed E-state index contributed by atoms with van der Waals surface area (Å²) in [7, 11) is -3.25. The number of hydrogen-bond acceptors (Lipinski definition) is 9. The number of fused-ring (bicyclic) bond motifs is 1. The summed E-state index contributed by atoms with van der Waals surface area (Å²) in [6.07, 6.45) is 3.50. The van der Waals surface area contributed by atoms with Crippen molar-refractivity contribution in [1.82, 2.24) is 33.6 Å². The van der Waals surface area contributed by atoms with Crippen molar-refractivity contribution in [2.24, 2.45) is 0 Å². The molecule has 14 heteroatoms. The van der Waals surface area contributed by atoms with Gasteiger partial charge in [0.25, 0.3) is 0 Å². The molecule has 0 spiro atoms. The summed E-state index contributed by atoms with van der Waals surface area (Å²) < 4.78 is 32.2. The number of aryl methyl sites for hydroxylation is 1. The van der Waals surface area contributed by atoms with Crippen molar-refractivity contribution in [2.45, 2.75) is 39.3 Å². The van der Waals surface area contributed by atoms with Gasteiger partial charge in [0, 0.05) is 45.8 Å². The van der Waals surface area contributed by atoms with Crippen LogP contribution < -0.4 is 16.2 Å². The first-order valence-electron chi connectivity index (χ1n) is 13.4. The number of aromatic nitrogens is 4. The summed E-state index contributed by atoms with van der Waals surface area (Å²) in [5.74, 6) is 0.0751. The fraction of sp³-hybridized carbons (Fsp3) is 0.538. The molecule has 0 unspecified atom stereocenters. The number of sulfonamides is 1. The maximum atomic E-state index is 13.4. The monoisotopic (exact) mass is 573 g/mol. The second kappa shape index (κ2) is 13.2. The van der Waals surface area contributed by atoms with Gasteiger partial charge in [-0.05, 0) is 24.5 Å². The van der Waals surface area contributed by atoms with Crippen LogP contribution in [0.5, 0.6) is 6.01 Å². The Bertz CT molecular complexity index is 1450. The molecule has 3 aromatic rings. The molecule has 1 aromatic carbocycles. The molecule has 217 valence electrons. The SMILES string of the molecule is CCCCOc1nc(N)c2[nH]c(=O)n(CCCN(Cc3cc[c]cc3)C(=O)CN3CCN(S(C)(=O)=O)CC3)c2n1. The van der Waals surface area contributed by atoms with Gasteiger partial charge in [-0.15, -0.1) is 0 Å². The molecule has 0 atom stereocenters. The van der Waals surface area contributed by atoms with E-state index in [0.717, 1.165) is 18.4 Å². The van der Waals surface area contributed by atoms with Gasteiger partial charge in [0.05, 0.1) is 19.4 Å². The van der Waals surface area contributed by atoms with Gasteiger partial charge in [-0.2, -0.15) is 14.3 Å². The Hall–Kier alpha value is -3.49. The van der Waals surface area contributed by atoms with Gasteiger partial charge in [-0.1, -0.05) is 37.6 Å². The Morgan fingerprint density at radius 3 is 2.58 bits per heavy atom. The molecule has 1 aliphatic rings. The summed E-state index contributed by atoms with van der Waals surface area (Å²) in [5.41, 5.74) is 7.38. The van der Waals surface area contributed by atoms with E-state index >= 15 is 0 Å². The van der Waals surface area contributed by atoms with Gasteiger partial charge < -0.3 is 20.4 Å². The number of benzene rings is 1. The molecule has 3 N–H and O–H groups in total. The van der Waals surface area contributed by atoms with Crippen molar-refractivity contribution in [1.29, 1.82) is 0 Å². The number of nitrogens with one attached hydrogen (secondary N) is 1. The minimum atomic E-state index is -3.25. The molecule has 13 nitrogen and oxygen atoms in total. The maximum Gasteiger partial charge on any atom is 0.327 e. The number of ether oxygens (including phenoxy) is 1. The van der Waals surface area contributed by atoms with Crippen LogP contribution in [-0.2, 0) is 27.9 Å². The average Bonchev–Trinajstić information content (AvgIpc) is 3.24. The third-order valence-electron chi connectivity index (χ3n) is 6.84. The van der Waals surface area contributed by atoms with E-state index in [1.165, 1.54) is 15.1 Å². The van der Waals surface area contributed by atoms with Crippen LogP contribution in [0.4, 0.5) is 5.82 Å². The lowest BCUT2D eigenvalue weighted by Gasteiger charge is -2.34. The first-order chi connectivity index (χ1) is 19.2. The van der Waals surface area contributed by atoms with Gasteiger partial charge in [0.15, 0.2) is 11.5 Å². The highest BCUT2D eigenvalue weighted by molar-refractivity contribution is 7.88. The molecule has 4 rings (SSSR count). The molecule has 0 aliphatic carbocycles. The van der Waals surface area contributed by atoms with E-state index < -0.39 is 10.0 Å². The Balaban J connectivity index is 1.44. The van der Waals surface area contributed by atoms with Gasteiger partial charge in [-0.25, -0.2) is 13.2 Å². The summed E-state index contributed by atoms with van der Waals surface area (Å²) in [4.78, 5) is 41.1. The topological polar surface area (TPSA) is 160 Å². The number of nitrogens with zero attached hydrogens (tertiary/aromatic N) is 6. The smallest absolute Gasteiger partial charge is 0.327 e. The fourth-order valence-electron chi connectivity index (χ4n) is 4.58. The summed E-state index contributed by atoms with van der Waals surface area (Å²) in [6.45, 7) is 5.50. The van der Waals surface area contributed by atoms with E-state index in [9.17, 15) is 18.0 Å². The second-order valence-corrected chi connectivity index (χ2v) is 11.9. The fourth-order valence-corrected chi connectivity index (χ4v) is 5.41. The van der Waals surface area contributed by atoms with Gasteiger partial charge >= 0.3 is 11.7 Å². The number of carbonyl (C=O) groups excluding carboxylic acids is 1. The second-order valence-electron chi connectivity index (χ2n) is 9.89. The van der Waals surface area contributed by atoms with Crippen LogP contribution in [0.2, 0.25) is 0 Å². The lowest BCUT2D eigenvalue weighted by Crippen LogP contribution is -2.51. The number of rotatable bonds is 13. The molecule has 1 fully saturated rings. The number of hydrogen-bond donors (Lipinski definition) is 2. The first kappa shape index (κ1) is 29.5. The molecule has 40 heavy (non-hydrogen) atoms. The predicted molar refractivity (Wildman–Crippen MR) is 151 cm³/mol. The largest absolute Gasteiger partial charge is 0.463 e. The number of imidazole rings is 1. The molecule has 2 aromatic heterocycles. The van der Waals surface area contributed by atoms with Crippen molar-refractivity contribution in [3.8, 4) is 6.01 Å². The molecular weight excluding hydrogens is 536 g/mol. The Kier molecular flexibility index (Phi) is 9.76. The number of piperazine rings is 1. The number of unbranched alkanes of at least 4 members (excludes halogenated alkanes) is 1. The molecule has 0 saturated carbocycles. The summed E-state index contributed by atoms with van der Waals surface area (Å²) in [5, 5.41) is 0. The zero-order valence-corrected chi connectivity index (χ0v) is 23.8. The highest BCUT2D eigenvalue weighted by atomic mass is 32.2. The minimum absolute atomic E-state index is 0.0647. The Morgan fingerprint density at radius 2 is 1.90 bits per heavy atom.